The highest BCUT2D eigenvalue weighted by molar-refractivity contribution is 4.97. The zero-order chi connectivity index (χ0) is 7.23. The first-order valence-electron chi connectivity index (χ1n) is 3.51. The summed E-state index contributed by atoms with van der Waals surface area (Å²) in [6.45, 7) is 0.931. The summed E-state index contributed by atoms with van der Waals surface area (Å²) in [7, 11) is 1.84. The molecule has 10 heavy (non-hydrogen) atoms. The SMILES string of the molecule is C[N]CCCc1ccco1. The van der Waals surface area contributed by atoms with E-state index in [-0.39, 0.29) is 0 Å². The smallest absolute Gasteiger partial charge is 0.103 e. The molecule has 0 aliphatic rings. The van der Waals surface area contributed by atoms with Crippen LogP contribution in [-0.2, 0) is 6.42 Å². The summed E-state index contributed by atoms with van der Waals surface area (Å²) in [4.78, 5) is 0. The average molecular weight is 138 g/mol. The molecule has 0 unspecified atom stereocenters. The molecule has 0 saturated heterocycles. The van der Waals surface area contributed by atoms with Crippen molar-refractivity contribution in [2.45, 2.75) is 12.8 Å². The van der Waals surface area contributed by atoms with Gasteiger partial charge in [-0.05, 0) is 18.6 Å². The second-order valence-electron chi connectivity index (χ2n) is 2.22. The van der Waals surface area contributed by atoms with E-state index < -0.39 is 0 Å². The van der Waals surface area contributed by atoms with Gasteiger partial charge in [-0.3, -0.25) is 0 Å². The number of nitrogens with zero attached hydrogens (tertiary/aromatic N) is 1. The van der Waals surface area contributed by atoms with Crippen LogP contribution in [0, 0.1) is 0 Å². The van der Waals surface area contributed by atoms with E-state index in [0.717, 1.165) is 25.1 Å². The van der Waals surface area contributed by atoms with Gasteiger partial charge in [0.1, 0.15) is 5.76 Å². The van der Waals surface area contributed by atoms with Gasteiger partial charge in [0.05, 0.1) is 6.26 Å². The number of furan rings is 1. The van der Waals surface area contributed by atoms with Crippen LogP contribution in [0.25, 0.3) is 0 Å². The van der Waals surface area contributed by atoms with Crippen LogP contribution in [0.15, 0.2) is 22.8 Å². The Balaban J connectivity index is 2.15. The van der Waals surface area contributed by atoms with E-state index in [1.54, 1.807) is 6.26 Å². The highest BCUT2D eigenvalue weighted by atomic mass is 16.3. The van der Waals surface area contributed by atoms with Gasteiger partial charge in [-0.25, -0.2) is 5.32 Å². The summed E-state index contributed by atoms with van der Waals surface area (Å²) < 4.78 is 5.14. The molecule has 0 aromatic carbocycles. The summed E-state index contributed by atoms with van der Waals surface area (Å²) in [5.74, 6) is 1.06. The Kier molecular flexibility index (Phi) is 3.03. The number of rotatable bonds is 4. The molecular weight excluding hydrogens is 126 g/mol. The van der Waals surface area contributed by atoms with E-state index in [9.17, 15) is 0 Å². The van der Waals surface area contributed by atoms with E-state index in [4.69, 9.17) is 4.42 Å². The minimum absolute atomic E-state index is 0.931. The molecule has 0 atom stereocenters. The molecule has 55 valence electrons. The maximum Gasteiger partial charge on any atom is 0.103 e. The van der Waals surface area contributed by atoms with E-state index in [2.05, 4.69) is 5.32 Å². The van der Waals surface area contributed by atoms with Crippen molar-refractivity contribution in [3.63, 3.8) is 0 Å². The van der Waals surface area contributed by atoms with Gasteiger partial charge >= 0.3 is 0 Å². The zero-order valence-corrected chi connectivity index (χ0v) is 6.21. The molecule has 0 bridgehead atoms. The van der Waals surface area contributed by atoms with Gasteiger partial charge in [-0.1, -0.05) is 0 Å². The Labute approximate surface area is 61.2 Å². The molecule has 0 saturated carbocycles. The average Bonchev–Trinajstić information content (AvgIpc) is 2.41. The Morgan fingerprint density at radius 2 is 2.50 bits per heavy atom. The lowest BCUT2D eigenvalue weighted by atomic mass is 10.2. The zero-order valence-electron chi connectivity index (χ0n) is 6.21. The van der Waals surface area contributed by atoms with Gasteiger partial charge in [0.25, 0.3) is 0 Å². The van der Waals surface area contributed by atoms with Crippen LogP contribution in [0.4, 0.5) is 0 Å². The fraction of sp³-hybridized carbons (Fsp3) is 0.500. The third kappa shape index (κ3) is 2.23. The standard InChI is InChI=1S/C8H12NO/c1-9-6-2-4-8-5-3-7-10-8/h3,5,7H,2,4,6H2,1H3. The monoisotopic (exact) mass is 138 g/mol. The molecule has 0 aliphatic heterocycles. The first-order valence-corrected chi connectivity index (χ1v) is 3.51. The van der Waals surface area contributed by atoms with E-state index >= 15 is 0 Å². The molecule has 1 heterocycles. The minimum atomic E-state index is 0.931. The lowest BCUT2D eigenvalue weighted by Gasteiger charge is -1.93. The third-order valence-corrected chi connectivity index (χ3v) is 1.38. The molecule has 0 spiro atoms. The van der Waals surface area contributed by atoms with Crippen molar-refractivity contribution in [1.82, 2.24) is 5.32 Å². The summed E-state index contributed by atoms with van der Waals surface area (Å²) in [6, 6.07) is 3.91. The van der Waals surface area contributed by atoms with E-state index in [0.29, 0.717) is 0 Å². The van der Waals surface area contributed by atoms with E-state index in [1.165, 1.54) is 0 Å². The second kappa shape index (κ2) is 4.12. The Morgan fingerprint density at radius 1 is 1.60 bits per heavy atom. The van der Waals surface area contributed by atoms with Gasteiger partial charge in [0, 0.05) is 20.0 Å². The van der Waals surface area contributed by atoms with Gasteiger partial charge in [-0.2, -0.15) is 0 Å². The molecule has 0 aliphatic carbocycles. The lowest BCUT2D eigenvalue weighted by molar-refractivity contribution is 0.499. The summed E-state index contributed by atoms with van der Waals surface area (Å²) in [5, 5.41) is 3.99. The first-order chi connectivity index (χ1) is 4.93. The molecule has 1 aromatic heterocycles. The van der Waals surface area contributed by atoms with Crippen LogP contribution in [0.3, 0.4) is 0 Å². The van der Waals surface area contributed by atoms with Crippen molar-refractivity contribution < 1.29 is 4.42 Å². The third-order valence-electron chi connectivity index (χ3n) is 1.38. The number of hydrogen-bond acceptors (Lipinski definition) is 1. The fourth-order valence-electron chi connectivity index (χ4n) is 0.866. The van der Waals surface area contributed by atoms with Crippen LogP contribution >= 0.6 is 0 Å². The number of aryl methyl sites for hydroxylation is 1. The van der Waals surface area contributed by atoms with Crippen molar-refractivity contribution in [3.05, 3.63) is 24.2 Å². The highest BCUT2D eigenvalue weighted by Crippen LogP contribution is 2.02. The maximum absolute atomic E-state index is 5.14. The van der Waals surface area contributed by atoms with Crippen LogP contribution in [0.5, 0.6) is 0 Å². The van der Waals surface area contributed by atoms with Crippen LogP contribution in [-0.4, -0.2) is 13.6 Å². The van der Waals surface area contributed by atoms with Crippen molar-refractivity contribution in [3.8, 4) is 0 Å². The number of hydrogen-bond donors (Lipinski definition) is 0. The summed E-state index contributed by atoms with van der Waals surface area (Å²) in [6.07, 6.45) is 3.80. The molecule has 1 rings (SSSR count). The Bertz CT molecular complexity index is 158. The topological polar surface area (TPSA) is 27.2 Å². The van der Waals surface area contributed by atoms with Crippen LogP contribution in [0.1, 0.15) is 12.2 Å². The molecule has 0 fully saturated rings. The lowest BCUT2D eigenvalue weighted by Crippen LogP contribution is -1.99. The molecule has 1 aromatic rings. The Hall–Kier alpha value is -0.760. The van der Waals surface area contributed by atoms with Crippen molar-refractivity contribution in [2.75, 3.05) is 13.6 Å². The fourth-order valence-corrected chi connectivity index (χ4v) is 0.866. The molecule has 2 heteroatoms. The summed E-state index contributed by atoms with van der Waals surface area (Å²) >= 11 is 0. The van der Waals surface area contributed by atoms with Gasteiger partial charge in [-0.15, -0.1) is 0 Å². The van der Waals surface area contributed by atoms with Crippen molar-refractivity contribution in [1.29, 1.82) is 0 Å². The quantitative estimate of drug-likeness (QED) is 0.578. The molecular formula is C8H12NO. The Morgan fingerprint density at radius 3 is 3.10 bits per heavy atom. The summed E-state index contributed by atoms with van der Waals surface area (Å²) in [5.41, 5.74) is 0. The van der Waals surface area contributed by atoms with Gasteiger partial charge < -0.3 is 4.42 Å². The first kappa shape index (κ1) is 7.35. The van der Waals surface area contributed by atoms with Crippen molar-refractivity contribution in [2.24, 2.45) is 0 Å². The van der Waals surface area contributed by atoms with Crippen molar-refractivity contribution >= 4 is 0 Å². The van der Waals surface area contributed by atoms with Crippen LogP contribution < -0.4 is 5.32 Å². The predicted octanol–water partition coefficient (Wildman–Crippen LogP) is 1.45. The molecule has 0 amide bonds. The maximum atomic E-state index is 5.14. The van der Waals surface area contributed by atoms with Gasteiger partial charge in [0.2, 0.25) is 0 Å². The molecule has 1 radical (unpaired) electrons. The molecule has 2 nitrogen and oxygen atoms in total. The van der Waals surface area contributed by atoms with Gasteiger partial charge in [0.15, 0.2) is 0 Å². The van der Waals surface area contributed by atoms with E-state index in [1.807, 2.05) is 19.2 Å². The predicted molar refractivity (Wildman–Crippen MR) is 40.0 cm³/mol. The largest absolute Gasteiger partial charge is 0.469 e. The van der Waals surface area contributed by atoms with Crippen LogP contribution in [0.2, 0.25) is 0 Å². The normalized spacial score (nSPS) is 10.1. The highest BCUT2D eigenvalue weighted by Gasteiger charge is 1.93. The molecule has 0 N–H and O–H groups in total. The minimum Gasteiger partial charge on any atom is -0.469 e. The second-order valence-corrected chi connectivity index (χ2v) is 2.22.